The minimum Gasteiger partial charge on any atom is -0.497 e. The molecular formula is C26H24ClN5O5. The Morgan fingerprint density at radius 1 is 0.892 bits per heavy atom. The van der Waals surface area contributed by atoms with Crippen LogP contribution in [-0.4, -0.2) is 49.3 Å². The summed E-state index contributed by atoms with van der Waals surface area (Å²) in [6, 6.07) is 17.4. The summed E-state index contributed by atoms with van der Waals surface area (Å²) in [5, 5.41) is 11.7. The number of anilines is 1. The van der Waals surface area contributed by atoms with Gasteiger partial charge in [-0.05, 0) is 60.7 Å². The molecule has 37 heavy (non-hydrogen) atoms. The minimum absolute atomic E-state index is 0.0246. The van der Waals surface area contributed by atoms with Gasteiger partial charge in [0.2, 0.25) is 5.75 Å². The maximum atomic E-state index is 13.0. The fourth-order valence-corrected chi connectivity index (χ4v) is 3.61. The van der Waals surface area contributed by atoms with E-state index >= 15 is 0 Å². The molecule has 190 valence electrons. The first-order valence-corrected chi connectivity index (χ1v) is 11.4. The summed E-state index contributed by atoms with van der Waals surface area (Å²) in [6.07, 6.45) is 0. The lowest BCUT2D eigenvalue weighted by molar-refractivity contribution is 0.324. The predicted octanol–water partition coefficient (Wildman–Crippen LogP) is 4.38. The molecule has 1 heterocycles. The number of benzene rings is 3. The van der Waals surface area contributed by atoms with Crippen molar-refractivity contribution in [1.82, 2.24) is 15.2 Å². The van der Waals surface area contributed by atoms with Gasteiger partial charge in [0.15, 0.2) is 23.0 Å². The number of nitrogens with one attached hydrogen (secondary N) is 2. The van der Waals surface area contributed by atoms with Crippen LogP contribution in [0.5, 0.6) is 23.0 Å². The number of nitrogens with zero attached hydrogens (tertiary/aromatic N) is 3. The lowest BCUT2D eigenvalue weighted by Gasteiger charge is -2.15. The fraction of sp³-hybridized carbons (Fsp3) is 0.154. The van der Waals surface area contributed by atoms with Gasteiger partial charge in [-0.15, -0.1) is 0 Å². The molecule has 3 aromatic carbocycles. The number of hydrazone groups is 1. The molecule has 0 aliphatic carbocycles. The number of aromatic nitrogens is 3. The molecule has 0 spiro atoms. The third-order valence-electron chi connectivity index (χ3n) is 5.35. The Morgan fingerprint density at radius 3 is 2.11 bits per heavy atom. The van der Waals surface area contributed by atoms with Crippen molar-refractivity contribution in [2.24, 2.45) is 5.10 Å². The third kappa shape index (κ3) is 5.65. The summed E-state index contributed by atoms with van der Waals surface area (Å²) in [5.74, 6) is 2.15. The quantitative estimate of drug-likeness (QED) is 0.246. The number of rotatable bonds is 9. The zero-order valence-electron chi connectivity index (χ0n) is 20.5. The first-order chi connectivity index (χ1) is 18.0. The van der Waals surface area contributed by atoms with Crippen molar-refractivity contribution >= 4 is 23.0 Å². The van der Waals surface area contributed by atoms with Crippen LogP contribution in [0.3, 0.4) is 0 Å². The lowest BCUT2D eigenvalue weighted by atomic mass is 10.1. The van der Waals surface area contributed by atoms with Crippen molar-refractivity contribution in [3.05, 3.63) is 87.3 Å². The third-order valence-corrected chi connectivity index (χ3v) is 5.60. The summed E-state index contributed by atoms with van der Waals surface area (Å²) in [5.41, 5.74) is 4.47. The normalized spacial score (nSPS) is 11.1. The largest absolute Gasteiger partial charge is 0.497 e. The molecule has 0 radical (unpaired) electrons. The Hall–Kier alpha value is -4.57. The van der Waals surface area contributed by atoms with Crippen molar-refractivity contribution in [2.45, 2.75) is 0 Å². The van der Waals surface area contributed by atoms with Crippen LogP contribution in [0.2, 0.25) is 5.02 Å². The Kier molecular flexibility index (Phi) is 7.89. The van der Waals surface area contributed by atoms with Crippen LogP contribution in [0.4, 0.5) is 5.69 Å². The van der Waals surface area contributed by atoms with Gasteiger partial charge in [-0.1, -0.05) is 11.6 Å². The number of hydrogen-bond donors (Lipinski definition) is 2. The van der Waals surface area contributed by atoms with E-state index in [0.717, 1.165) is 0 Å². The number of hydrogen-bond acceptors (Lipinski definition) is 9. The van der Waals surface area contributed by atoms with Gasteiger partial charge < -0.3 is 18.9 Å². The van der Waals surface area contributed by atoms with Gasteiger partial charge in [0, 0.05) is 16.1 Å². The van der Waals surface area contributed by atoms with E-state index < -0.39 is 5.56 Å². The molecule has 0 saturated carbocycles. The van der Waals surface area contributed by atoms with Crippen molar-refractivity contribution in [3.8, 4) is 34.4 Å². The SMILES string of the molecule is COc1ccc(-c2n[nH]c(=O)c(/C(=N/Nc3ccc(Cl)cc3)c3cc(OC)c(OC)c(OC)c3)n2)cc1. The average Bonchev–Trinajstić information content (AvgIpc) is 2.94. The van der Waals surface area contributed by atoms with Gasteiger partial charge >= 0.3 is 0 Å². The molecule has 0 aliphatic rings. The van der Waals surface area contributed by atoms with Gasteiger partial charge in [0.25, 0.3) is 5.56 Å². The molecule has 11 heteroatoms. The van der Waals surface area contributed by atoms with Crippen LogP contribution in [0.1, 0.15) is 11.3 Å². The highest BCUT2D eigenvalue weighted by Crippen LogP contribution is 2.38. The lowest BCUT2D eigenvalue weighted by Crippen LogP contribution is -2.24. The standard InChI is InChI=1S/C26H24ClN5O5/c1-34-19-11-5-15(6-12-19)25-28-23(26(33)32-31-25)22(30-29-18-9-7-17(27)8-10-18)16-13-20(35-2)24(37-4)21(14-16)36-3/h5-14,29H,1-4H3,(H,32,33)/b30-22+. The van der Waals surface area contributed by atoms with Crippen LogP contribution < -0.4 is 29.9 Å². The Morgan fingerprint density at radius 2 is 1.54 bits per heavy atom. The van der Waals surface area contributed by atoms with Gasteiger partial charge in [-0.3, -0.25) is 10.2 Å². The summed E-state index contributed by atoms with van der Waals surface area (Å²) < 4.78 is 21.7. The minimum atomic E-state index is -0.539. The number of H-pyrrole nitrogens is 1. The molecule has 4 rings (SSSR count). The van der Waals surface area contributed by atoms with Crippen molar-refractivity contribution in [3.63, 3.8) is 0 Å². The van der Waals surface area contributed by atoms with Crippen LogP contribution >= 0.6 is 11.6 Å². The van der Waals surface area contributed by atoms with Crippen LogP contribution in [-0.2, 0) is 0 Å². The Bertz CT molecular complexity index is 1450. The van der Waals surface area contributed by atoms with Crippen LogP contribution in [0.25, 0.3) is 11.4 Å². The zero-order chi connectivity index (χ0) is 26.4. The maximum absolute atomic E-state index is 13.0. The highest BCUT2D eigenvalue weighted by atomic mass is 35.5. The van der Waals surface area contributed by atoms with Crippen LogP contribution in [0, 0.1) is 0 Å². The predicted molar refractivity (Wildman–Crippen MR) is 141 cm³/mol. The summed E-state index contributed by atoms with van der Waals surface area (Å²) in [6.45, 7) is 0. The summed E-state index contributed by atoms with van der Waals surface area (Å²) in [4.78, 5) is 17.5. The Labute approximate surface area is 217 Å². The molecule has 0 amide bonds. The van der Waals surface area contributed by atoms with Crippen molar-refractivity contribution in [1.29, 1.82) is 0 Å². The van der Waals surface area contributed by atoms with E-state index in [4.69, 9.17) is 30.5 Å². The molecule has 0 saturated heterocycles. The Balaban J connectivity index is 1.88. The topological polar surface area (TPSA) is 120 Å². The number of methoxy groups -OCH3 is 4. The molecule has 1 aromatic heterocycles. The second-order valence-corrected chi connectivity index (χ2v) is 7.99. The van der Waals surface area contributed by atoms with E-state index in [1.54, 1.807) is 67.8 Å². The second-order valence-electron chi connectivity index (χ2n) is 7.56. The van der Waals surface area contributed by atoms with E-state index in [1.807, 2.05) is 0 Å². The maximum Gasteiger partial charge on any atom is 0.292 e. The molecule has 0 atom stereocenters. The number of aromatic amines is 1. The van der Waals surface area contributed by atoms with E-state index in [1.165, 1.54) is 21.3 Å². The van der Waals surface area contributed by atoms with Gasteiger partial charge in [0.05, 0.1) is 34.1 Å². The van der Waals surface area contributed by atoms with E-state index in [-0.39, 0.29) is 11.4 Å². The second kappa shape index (κ2) is 11.4. The molecule has 0 fully saturated rings. The molecule has 0 bridgehead atoms. The zero-order valence-corrected chi connectivity index (χ0v) is 21.3. The molecular weight excluding hydrogens is 498 g/mol. The van der Waals surface area contributed by atoms with E-state index in [0.29, 0.717) is 50.7 Å². The van der Waals surface area contributed by atoms with Crippen molar-refractivity contribution < 1.29 is 18.9 Å². The smallest absolute Gasteiger partial charge is 0.292 e. The van der Waals surface area contributed by atoms with E-state index in [2.05, 4.69) is 25.7 Å². The summed E-state index contributed by atoms with van der Waals surface area (Å²) in [7, 11) is 6.09. The number of halogens is 1. The molecule has 0 aliphatic heterocycles. The number of ether oxygens (including phenoxy) is 4. The first-order valence-electron chi connectivity index (χ1n) is 11.0. The van der Waals surface area contributed by atoms with E-state index in [9.17, 15) is 4.79 Å². The van der Waals surface area contributed by atoms with Gasteiger partial charge in [-0.2, -0.15) is 10.2 Å². The van der Waals surface area contributed by atoms with Crippen molar-refractivity contribution in [2.75, 3.05) is 33.9 Å². The summed E-state index contributed by atoms with van der Waals surface area (Å²) >= 11 is 6.00. The highest BCUT2D eigenvalue weighted by molar-refractivity contribution is 6.30. The fourth-order valence-electron chi connectivity index (χ4n) is 3.48. The first kappa shape index (κ1) is 25.5. The molecule has 4 aromatic rings. The highest BCUT2D eigenvalue weighted by Gasteiger charge is 2.21. The molecule has 0 unspecified atom stereocenters. The molecule has 10 nitrogen and oxygen atoms in total. The average molecular weight is 522 g/mol. The van der Waals surface area contributed by atoms with Gasteiger partial charge in [-0.25, -0.2) is 10.1 Å². The monoisotopic (exact) mass is 521 g/mol. The molecule has 2 N–H and O–H groups in total. The van der Waals surface area contributed by atoms with Gasteiger partial charge in [0.1, 0.15) is 11.5 Å². The van der Waals surface area contributed by atoms with Crippen LogP contribution in [0.15, 0.2) is 70.6 Å².